The van der Waals surface area contributed by atoms with Crippen LogP contribution in [0.15, 0.2) is 38.0 Å². The summed E-state index contributed by atoms with van der Waals surface area (Å²) in [4.78, 5) is 0. The number of hydrogen-bond donors (Lipinski definition) is 0. The van der Waals surface area contributed by atoms with E-state index in [1.54, 1.807) is 11.3 Å². The molecule has 0 N–H and O–H groups in total. The third-order valence-corrected chi connectivity index (χ3v) is 21.0. The van der Waals surface area contributed by atoms with E-state index < -0.39 is 16.1 Å². The van der Waals surface area contributed by atoms with E-state index in [-0.39, 0.29) is 0 Å². The summed E-state index contributed by atoms with van der Waals surface area (Å²) in [5.74, 6) is 0. The highest BCUT2D eigenvalue weighted by Gasteiger charge is 2.53. The molecular formula is C14H26Si2. The zero-order valence-corrected chi connectivity index (χ0v) is 12.8. The topological polar surface area (TPSA) is 0 Å². The molecule has 1 fully saturated rings. The summed E-state index contributed by atoms with van der Waals surface area (Å²) in [6.45, 7) is 14.2. The van der Waals surface area contributed by atoms with Gasteiger partial charge in [0.05, 0.1) is 16.1 Å². The van der Waals surface area contributed by atoms with Crippen molar-refractivity contribution in [3.63, 3.8) is 0 Å². The maximum absolute atomic E-state index is 3.96. The molecule has 0 nitrogen and oxygen atoms in total. The van der Waals surface area contributed by atoms with Crippen molar-refractivity contribution in [3.8, 4) is 0 Å². The molecule has 0 aromatic rings. The van der Waals surface area contributed by atoms with Crippen molar-refractivity contribution in [1.82, 2.24) is 0 Å². The molecule has 16 heavy (non-hydrogen) atoms. The summed E-state index contributed by atoms with van der Waals surface area (Å²) in [7, 11) is -1.88. The number of allylic oxidation sites excluding steroid dienone is 3. The van der Waals surface area contributed by atoms with Crippen LogP contribution < -0.4 is 0 Å². The van der Waals surface area contributed by atoms with E-state index in [0.717, 1.165) is 0 Å². The van der Waals surface area contributed by atoms with Gasteiger partial charge >= 0.3 is 0 Å². The lowest BCUT2D eigenvalue weighted by molar-refractivity contribution is 1.01. The minimum atomic E-state index is -0.975. The largest absolute Gasteiger partial charge is 0.103 e. The van der Waals surface area contributed by atoms with Crippen molar-refractivity contribution >= 4 is 16.1 Å². The van der Waals surface area contributed by atoms with E-state index in [1.165, 1.54) is 30.6 Å². The summed E-state index contributed by atoms with van der Waals surface area (Å²) in [6.07, 6.45) is 7.87. The number of rotatable bonds is 8. The summed E-state index contributed by atoms with van der Waals surface area (Å²) >= 11 is 0. The van der Waals surface area contributed by atoms with Gasteiger partial charge in [-0.15, -0.1) is 19.7 Å². The highest BCUT2D eigenvalue weighted by molar-refractivity contribution is 7.14. The first-order valence-electron chi connectivity index (χ1n) is 6.49. The molecule has 0 radical (unpaired) electrons. The molecule has 0 saturated carbocycles. The average Bonchev–Trinajstić information content (AvgIpc) is 2.17. The van der Waals surface area contributed by atoms with Crippen LogP contribution in [-0.4, -0.2) is 16.1 Å². The van der Waals surface area contributed by atoms with Crippen molar-refractivity contribution in [2.75, 3.05) is 0 Å². The molecule has 0 aromatic heterocycles. The van der Waals surface area contributed by atoms with Gasteiger partial charge in [-0.2, -0.15) is 0 Å². The van der Waals surface area contributed by atoms with Crippen LogP contribution in [0.3, 0.4) is 0 Å². The maximum atomic E-state index is 3.96. The zero-order chi connectivity index (χ0) is 12.1. The first-order valence-corrected chi connectivity index (χ1v) is 12.1. The molecule has 1 aliphatic heterocycles. The van der Waals surface area contributed by atoms with Crippen LogP contribution in [0, 0.1) is 0 Å². The van der Waals surface area contributed by atoms with Gasteiger partial charge in [-0.25, -0.2) is 0 Å². The lowest BCUT2D eigenvalue weighted by Crippen LogP contribution is -2.61. The molecule has 0 aliphatic carbocycles. The molecule has 1 saturated heterocycles. The Balaban J connectivity index is 2.66. The van der Waals surface area contributed by atoms with Crippen molar-refractivity contribution in [2.24, 2.45) is 0 Å². The third kappa shape index (κ3) is 2.86. The molecule has 1 aliphatic rings. The minimum absolute atomic E-state index is 0.905. The second kappa shape index (κ2) is 5.83. The Morgan fingerprint density at radius 2 is 1.31 bits per heavy atom. The second-order valence-electron chi connectivity index (χ2n) is 5.58. The SMILES string of the molecule is C=CC[Si]1(CC=C)C[Si](CC=C)(CCC)C1. The second-order valence-corrected chi connectivity index (χ2v) is 16.1. The zero-order valence-electron chi connectivity index (χ0n) is 10.8. The fourth-order valence-electron chi connectivity index (χ4n) is 3.78. The molecule has 0 bridgehead atoms. The minimum Gasteiger partial charge on any atom is -0.103 e. The molecular weight excluding hydrogens is 224 g/mol. The van der Waals surface area contributed by atoms with Crippen molar-refractivity contribution in [3.05, 3.63) is 38.0 Å². The molecule has 0 unspecified atom stereocenters. The smallest absolute Gasteiger partial charge is 0.0558 e. The quantitative estimate of drug-likeness (QED) is 0.423. The van der Waals surface area contributed by atoms with Crippen molar-refractivity contribution < 1.29 is 0 Å². The van der Waals surface area contributed by atoms with E-state index >= 15 is 0 Å². The number of hydrogen-bond acceptors (Lipinski definition) is 0. The molecule has 2 heteroatoms. The van der Waals surface area contributed by atoms with Gasteiger partial charge in [0.25, 0.3) is 0 Å². The predicted molar refractivity (Wildman–Crippen MR) is 81.2 cm³/mol. The van der Waals surface area contributed by atoms with Gasteiger partial charge < -0.3 is 0 Å². The first kappa shape index (κ1) is 13.7. The summed E-state index contributed by atoms with van der Waals surface area (Å²) in [5, 5.41) is 0. The van der Waals surface area contributed by atoms with Crippen LogP contribution in [0.2, 0.25) is 35.5 Å². The predicted octanol–water partition coefficient (Wildman–Crippen LogP) is 4.94. The average molecular weight is 251 g/mol. The molecule has 90 valence electrons. The Morgan fingerprint density at radius 3 is 1.69 bits per heavy atom. The lowest BCUT2D eigenvalue weighted by atomic mass is 10.6. The van der Waals surface area contributed by atoms with E-state index in [9.17, 15) is 0 Å². The van der Waals surface area contributed by atoms with Crippen LogP contribution in [0.25, 0.3) is 0 Å². The fourth-order valence-corrected chi connectivity index (χ4v) is 24.2. The summed E-state index contributed by atoms with van der Waals surface area (Å²) < 4.78 is 0. The Bertz CT molecular complexity index is 250. The van der Waals surface area contributed by atoms with Crippen LogP contribution in [0.1, 0.15) is 13.3 Å². The molecule has 1 heterocycles. The van der Waals surface area contributed by atoms with Gasteiger partial charge in [0.15, 0.2) is 0 Å². The Labute approximate surface area is 103 Å². The molecule has 1 rings (SSSR count). The van der Waals surface area contributed by atoms with Gasteiger partial charge in [-0.3, -0.25) is 0 Å². The van der Waals surface area contributed by atoms with E-state index in [2.05, 4.69) is 44.9 Å². The van der Waals surface area contributed by atoms with Crippen LogP contribution in [-0.2, 0) is 0 Å². The molecule has 0 spiro atoms. The highest BCUT2D eigenvalue weighted by Crippen LogP contribution is 2.50. The van der Waals surface area contributed by atoms with E-state index in [4.69, 9.17) is 0 Å². The normalized spacial score (nSPS) is 20.8. The van der Waals surface area contributed by atoms with Crippen LogP contribution in [0.4, 0.5) is 0 Å². The van der Waals surface area contributed by atoms with Crippen molar-refractivity contribution in [2.45, 2.75) is 48.9 Å². The van der Waals surface area contributed by atoms with E-state index in [1.807, 2.05) is 0 Å². The fraction of sp³-hybridized carbons (Fsp3) is 0.571. The van der Waals surface area contributed by atoms with E-state index in [0.29, 0.717) is 0 Å². The molecule has 0 aromatic carbocycles. The Morgan fingerprint density at radius 1 is 0.875 bits per heavy atom. The summed E-state index contributed by atoms with van der Waals surface area (Å²) in [6, 6.07) is 5.50. The van der Waals surface area contributed by atoms with Crippen LogP contribution in [0.5, 0.6) is 0 Å². The Hall–Kier alpha value is -0.346. The van der Waals surface area contributed by atoms with Gasteiger partial charge in [0.2, 0.25) is 0 Å². The van der Waals surface area contributed by atoms with Gasteiger partial charge in [-0.05, 0) is 18.1 Å². The van der Waals surface area contributed by atoms with Crippen molar-refractivity contribution in [1.29, 1.82) is 0 Å². The molecule has 0 atom stereocenters. The highest BCUT2D eigenvalue weighted by atomic mass is 28.5. The monoisotopic (exact) mass is 250 g/mol. The third-order valence-electron chi connectivity index (χ3n) is 4.01. The van der Waals surface area contributed by atoms with Gasteiger partial charge in [-0.1, -0.05) is 49.0 Å². The first-order chi connectivity index (χ1) is 7.66. The molecule has 0 amide bonds. The Kier molecular flexibility index (Phi) is 5.00. The summed E-state index contributed by atoms with van der Waals surface area (Å²) in [5.41, 5.74) is 3.22. The van der Waals surface area contributed by atoms with Crippen LogP contribution >= 0.6 is 0 Å². The maximum Gasteiger partial charge on any atom is 0.0558 e. The standard InChI is InChI=1S/C14H26Si2/c1-5-9-15(10-6-2)13-16(14-15,11-7-3)12-8-4/h5-7H,1-3,8-14H2,4H3. The van der Waals surface area contributed by atoms with Gasteiger partial charge in [0.1, 0.15) is 0 Å². The lowest BCUT2D eigenvalue weighted by Gasteiger charge is -2.54. The van der Waals surface area contributed by atoms with Gasteiger partial charge in [0, 0.05) is 0 Å².